The Balaban J connectivity index is 1.44. The number of imidazole rings is 1. The van der Waals surface area contributed by atoms with E-state index in [0.29, 0.717) is 6.04 Å². The van der Waals surface area contributed by atoms with Crippen LogP contribution in [0.5, 0.6) is 0 Å². The molecular weight excluding hydrogens is 320 g/mol. The molecule has 0 saturated carbocycles. The van der Waals surface area contributed by atoms with Crippen LogP contribution in [0.25, 0.3) is 0 Å². The average molecular weight is 347 g/mol. The summed E-state index contributed by atoms with van der Waals surface area (Å²) in [5.41, 5.74) is 1.37. The molecule has 130 valence electrons. The van der Waals surface area contributed by atoms with E-state index in [2.05, 4.69) is 49.8 Å². The standard InChI is InChI=1S/C17H26N6S/c1-14-17-19-11-15(12-21-6-4-20(2)5-7-21)23(17)9-8-22(14)13-16-18-3-10-24-16/h3,10-11,14H,4-9,12-13H2,1-2H3. The molecule has 1 atom stereocenters. The van der Waals surface area contributed by atoms with Crippen molar-refractivity contribution >= 4 is 11.3 Å². The van der Waals surface area contributed by atoms with Crippen molar-refractivity contribution in [1.29, 1.82) is 0 Å². The van der Waals surface area contributed by atoms with Crippen molar-refractivity contribution in [2.75, 3.05) is 39.8 Å². The van der Waals surface area contributed by atoms with Gasteiger partial charge in [0.25, 0.3) is 0 Å². The zero-order valence-electron chi connectivity index (χ0n) is 14.6. The second-order valence-electron chi connectivity index (χ2n) is 6.91. The Morgan fingerprint density at radius 1 is 1.08 bits per heavy atom. The third-order valence-electron chi connectivity index (χ3n) is 5.30. The Morgan fingerprint density at radius 3 is 2.67 bits per heavy atom. The van der Waals surface area contributed by atoms with E-state index in [1.165, 1.54) is 29.6 Å². The van der Waals surface area contributed by atoms with Crippen molar-refractivity contribution in [3.63, 3.8) is 0 Å². The highest BCUT2D eigenvalue weighted by Gasteiger charge is 2.28. The van der Waals surface area contributed by atoms with Crippen LogP contribution >= 0.6 is 11.3 Å². The highest BCUT2D eigenvalue weighted by Crippen LogP contribution is 2.27. The van der Waals surface area contributed by atoms with Crippen molar-refractivity contribution in [3.05, 3.63) is 34.3 Å². The molecule has 2 aliphatic heterocycles. The Bertz CT molecular complexity index is 659. The van der Waals surface area contributed by atoms with Crippen molar-refractivity contribution in [1.82, 2.24) is 29.2 Å². The van der Waals surface area contributed by atoms with Gasteiger partial charge in [-0.3, -0.25) is 9.80 Å². The van der Waals surface area contributed by atoms with Gasteiger partial charge in [-0.15, -0.1) is 11.3 Å². The minimum atomic E-state index is 0.351. The molecule has 6 nitrogen and oxygen atoms in total. The first-order valence-corrected chi connectivity index (χ1v) is 9.66. The molecule has 4 heterocycles. The number of piperazine rings is 1. The van der Waals surface area contributed by atoms with E-state index >= 15 is 0 Å². The lowest BCUT2D eigenvalue weighted by atomic mass is 10.2. The fraction of sp³-hybridized carbons (Fsp3) is 0.647. The fourth-order valence-electron chi connectivity index (χ4n) is 3.69. The summed E-state index contributed by atoms with van der Waals surface area (Å²) in [7, 11) is 2.21. The summed E-state index contributed by atoms with van der Waals surface area (Å²) < 4.78 is 2.45. The van der Waals surface area contributed by atoms with Gasteiger partial charge >= 0.3 is 0 Å². The van der Waals surface area contributed by atoms with Crippen molar-refractivity contribution in [2.45, 2.75) is 32.6 Å². The van der Waals surface area contributed by atoms with Gasteiger partial charge in [0.15, 0.2) is 0 Å². The molecule has 4 rings (SSSR count). The molecule has 0 radical (unpaired) electrons. The summed E-state index contributed by atoms with van der Waals surface area (Å²) in [5.74, 6) is 1.21. The molecule has 0 aromatic carbocycles. The van der Waals surface area contributed by atoms with E-state index in [4.69, 9.17) is 4.98 Å². The lowest BCUT2D eigenvalue weighted by molar-refractivity contribution is 0.136. The lowest BCUT2D eigenvalue weighted by Crippen LogP contribution is -2.44. The van der Waals surface area contributed by atoms with Crippen LogP contribution in [0, 0.1) is 0 Å². The molecule has 2 aromatic rings. The molecular formula is C17H26N6S. The van der Waals surface area contributed by atoms with E-state index in [-0.39, 0.29) is 0 Å². The molecule has 0 amide bonds. The zero-order chi connectivity index (χ0) is 16.5. The van der Waals surface area contributed by atoms with E-state index in [9.17, 15) is 0 Å². The van der Waals surface area contributed by atoms with Crippen LogP contribution < -0.4 is 0 Å². The summed E-state index contributed by atoms with van der Waals surface area (Å²) in [6.07, 6.45) is 3.99. The monoisotopic (exact) mass is 346 g/mol. The summed E-state index contributed by atoms with van der Waals surface area (Å²) in [4.78, 5) is 16.6. The number of hydrogen-bond acceptors (Lipinski definition) is 6. The lowest BCUT2D eigenvalue weighted by Gasteiger charge is -2.35. The Labute approximate surface area is 147 Å². The maximum atomic E-state index is 4.76. The minimum absolute atomic E-state index is 0.351. The number of hydrogen-bond donors (Lipinski definition) is 0. The van der Waals surface area contributed by atoms with Gasteiger partial charge < -0.3 is 9.47 Å². The van der Waals surface area contributed by atoms with Gasteiger partial charge in [0, 0.05) is 63.6 Å². The van der Waals surface area contributed by atoms with Crippen LogP contribution in [0.2, 0.25) is 0 Å². The summed E-state index contributed by atoms with van der Waals surface area (Å²) in [5, 5.41) is 3.25. The minimum Gasteiger partial charge on any atom is -0.328 e. The largest absolute Gasteiger partial charge is 0.328 e. The molecule has 1 saturated heterocycles. The molecule has 0 bridgehead atoms. The number of fused-ring (bicyclic) bond motifs is 1. The molecule has 0 N–H and O–H groups in total. The van der Waals surface area contributed by atoms with E-state index in [1.807, 2.05) is 6.20 Å². The third kappa shape index (κ3) is 3.26. The first-order valence-electron chi connectivity index (χ1n) is 8.78. The highest BCUT2D eigenvalue weighted by molar-refractivity contribution is 7.09. The summed E-state index contributed by atoms with van der Waals surface area (Å²) >= 11 is 1.74. The number of thiazole rings is 1. The van der Waals surface area contributed by atoms with E-state index in [0.717, 1.165) is 39.3 Å². The highest BCUT2D eigenvalue weighted by atomic mass is 32.1. The third-order valence-corrected chi connectivity index (χ3v) is 6.07. The van der Waals surface area contributed by atoms with Crippen LogP contribution in [0.15, 0.2) is 17.8 Å². The first-order chi connectivity index (χ1) is 11.7. The molecule has 1 unspecified atom stereocenters. The molecule has 0 aliphatic carbocycles. The van der Waals surface area contributed by atoms with Crippen LogP contribution in [0.3, 0.4) is 0 Å². The van der Waals surface area contributed by atoms with Crippen molar-refractivity contribution in [3.8, 4) is 0 Å². The van der Waals surface area contributed by atoms with E-state index in [1.54, 1.807) is 11.3 Å². The average Bonchev–Trinajstić information content (AvgIpc) is 3.23. The molecule has 0 spiro atoms. The van der Waals surface area contributed by atoms with Crippen LogP contribution in [-0.4, -0.2) is 69.0 Å². The smallest absolute Gasteiger partial charge is 0.126 e. The number of likely N-dealkylation sites (N-methyl/N-ethyl adjacent to an activating group) is 1. The molecule has 7 heteroatoms. The summed E-state index contributed by atoms with van der Waals surface area (Å²) in [6.45, 7) is 11.0. The van der Waals surface area contributed by atoms with Gasteiger partial charge in [0.05, 0.1) is 18.3 Å². The Morgan fingerprint density at radius 2 is 1.92 bits per heavy atom. The van der Waals surface area contributed by atoms with Gasteiger partial charge in [0.2, 0.25) is 0 Å². The van der Waals surface area contributed by atoms with Crippen LogP contribution in [-0.2, 0) is 19.6 Å². The molecule has 24 heavy (non-hydrogen) atoms. The van der Waals surface area contributed by atoms with Crippen molar-refractivity contribution in [2.24, 2.45) is 0 Å². The van der Waals surface area contributed by atoms with Gasteiger partial charge in [-0.2, -0.15) is 0 Å². The number of rotatable bonds is 4. The van der Waals surface area contributed by atoms with Crippen LogP contribution in [0.1, 0.15) is 29.5 Å². The number of aromatic nitrogens is 3. The quantitative estimate of drug-likeness (QED) is 0.842. The molecule has 2 aromatic heterocycles. The molecule has 1 fully saturated rings. The van der Waals surface area contributed by atoms with Gasteiger partial charge in [0.1, 0.15) is 10.8 Å². The fourth-order valence-corrected chi connectivity index (χ4v) is 4.33. The van der Waals surface area contributed by atoms with Gasteiger partial charge in [-0.25, -0.2) is 9.97 Å². The number of nitrogens with zero attached hydrogens (tertiary/aromatic N) is 6. The second-order valence-corrected chi connectivity index (χ2v) is 7.89. The maximum Gasteiger partial charge on any atom is 0.126 e. The predicted octanol–water partition coefficient (Wildman–Crippen LogP) is 1.66. The van der Waals surface area contributed by atoms with Gasteiger partial charge in [-0.05, 0) is 14.0 Å². The topological polar surface area (TPSA) is 40.4 Å². The maximum absolute atomic E-state index is 4.76. The molecule has 2 aliphatic rings. The SMILES string of the molecule is CC1c2ncc(CN3CCN(C)CC3)n2CCN1Cc1nccs1. The normalized spacial score (nSPS) is 23.5. The first kappa shape index (κ1) is 16.2. The summed E-state index contributed by atoms with van der Waals surface area (Å²) in [6, 6.07) is 0.351. The Kier molecular flexibility index (Phi) is 4.67. The predicted molar refractivity (Wildman–Crippen MR) is 95.9 cm³/mol. The zero-order valence-corrected chi connectivity index (χ0v) is 15.4. The Hall–Kier alpha value is -1.28. The van der Waals surface area contributed by atoms with Gasteiger partial charge in [-0.1, -0.05) is 0 Å². The second kappa shape index (κ2) is 6.92. The van der Waals surface area contributed by atoms with Crippen LogP contribution in [0.4, 0.5) is 0 Å². The van der Waals surface area contributed by atoms with Crippen molar-refractivity contribution < 1.29 is 0 Å². The van der Waals surface area contributed by atoms with E-state index < -0.39 is 0 Å².